The van der Waals surface area contributed by atoms with Crippen LogP contribution in [-0.2, 0) is 0 Å². The van der Waals surface area contributed by atoms with E-state index >= 15 is 0 Å². The number of aromatic nitrogens is 4. The van der Waals surface area contributed by atoms with Crippen LogP contribution in [0.2, 0.25) is 0 Å². The van der Waals surface area contributed by atoms with Crippen LogP contribution in [0.4, 0.5) is 0 Å². The molecule has 0 saturated carbocycles. The second kappa shape index (κ2) is 5.38. The van der Waals surface area contributed by atoms with Crippen molar-refractivity contribution in [3.63, 3.8) is 0 Å². The number of imidazole rings is 1. The number of carbonyl (C=O) groups is 1. The number of H-pyrrole nitrogens is 1. The molecule has 3 aromatic rings. The lowest BCUT2D eigenvalue weighted by molar-refractivity contribution is 0.0694. The summed E-state index contributed by atoms with van der Waals surface area (Å²) >= 11 is 0. The number of nitrogens with zero attached hydrogens (tertiary/aromatic N) is 4. The molecule has 0 aliphatic carbocycles. The van der Waals surface area contributed by atoms with Crippen LogP contribution >= 0.6 is 0 Å². The molecule has 0 unspecified atom stereocenters. The first kappa shape index (κ1) is 13.7. The first-order valence-corrected chi connectivity index (χ1v) is 7.46. The maximum Gasteiger partial charge on any atom is 0.327 e. The van der Waals surface area contributed by atoms with Crippen LogP contribution in [0.15, 0.2) is 40.3 Å². The molecule has 8 nitrogen and oxygen atoms in total. The summed E-state index contributed by atoms with van der Waals surface area (Å²) in [6.07, 6.45) is 7.39. The van der Waals surface area contributed by atoms with Crippen LogP contribution in [0.1, 0.15) is 29.2 Å². The van der Waals surface area contributed by atoms with Gasteiger partial charge in [-0.25, -0.2) is 14.8 Å². The van der Waals surface area contributed by atoms with Crippen LogP contribution in [0.3, 0.4) is 0 Å². The fourth-order valence-corrected chi connectivity index (χ4v) is 3.11. The lowest BCUT2D eigenvalue weighted by Crippen LogP contribution is -2.40. The average Bonchev–Trinajstić information content (AvgIpc) is 3.21. The van der Waals surface area contributed by atoms with Gasteiger partial charge in [-0.15, -0.1) is 0 Å². The molecule has 4 rings (SSSR count). The molecule has 8 heteroatoms. The van der Waals surface area contributed by atoms with Crippen LogP contribution in [0.5, 0.6) is 0 Å². The molecule has 1 fully saturated rings. The monoisotopic (exact) mass is 313 g/mol. The molecule has 1 amide bonds. The van der Waals surface area contributed by atoms with E-state index in [9.17, 15) is 9.59 Å². The van der Waals surface area contributed by atoms with Gasteiger partial charge in [0.15, 0.2) is 5.65 Å². The lowest BCUT2D eigenvalue weighted by Gasteiger charge is -2.32. The Morgan fingerprint density at radius 1 is 1.35 bits per heavy atom. The number of hydrogen-bond acceptors (Lipinski definition) is 5. The van der Waals surface area contributed by atoms with Crippen molar-refractivity contribution in [3.8, 4) is 0 Å². The van der Waals surface area contributed by atoms with E-state index in [-0.39, 0.29) is 17.6 Å². The van der Waals surface area contributed by atoms with Crippen molar-refractivity contribution in [1.29, 1.82) is 0 Å². The molecule has 0 atom stereocenters. The Morgan fingerprint density at radius 3 is 2.91 bits per heavy atom. The highest BCUT2D eigenvalue weighted by atomic mass is 16.3. The molecule has 0 aromatic carbocycles. The van der Waals surface area contributed by atoms with Crippen molar-refractivity contribution in [3.05, 3.63) is 47.2 Å². The quantitative estimate of drug-likeness (QED) is 0.766. The summed E-state index contributed by atoms with van der Waals surface area (Å²) in [4.78, 5) is 37.2. The molecular formula is C15H15N5O3. The van der Waals surface area contributed by atoms with Crippen molar-refractivity contribution in [2.75, 3.05) is 13.1 Å². The predicted molar refractivity (Wildman–Crippen MR) is 81.0 cm³/mol. The molecule has 1 saturated heterocycles. The topological polar surface area (TPSA) is 97.0 Å². The second-order valence-corrected chi connectivity index (χ2v) is 5.60. The number of nitrogens with one attached hydrogen (secondary N) is 1. The van der Waals surface area contributed by atoms with Gasteiger partial charge in [-0.05, 0) is 18.9 Å². The Kier molecular flexibility index (Phi) is 3.22. The number of fused-ring (bicyclic) bond motifs is 1. The van der Waals surface area contributed by atoms with Gasteiger partial charge in [0.1, 0.15) is 18.1 Å². The van der Waals surface area contributed by atoms with E-state index < -0.39 is 0 Å². The minimum atomic E-state index is -0.180. The molecule has 0 radical (unpaired) electrons. The predicted octanol–water partition coefficient (Wildman–Crippen LogP) is 1.19. The van der Waals surface area contributed by atoms with Gasteiger partial charge in [-0.3, -0.25) is 9.36 Å². The van der Waals surface area contributed by atoms with Crippen molar-refractivity contribution < 1.29 is 9.21 Å². The Balaban J connectivity index is 1.54. The third kappa shape index (κ3) is 2.32. The Bertz CT molecular complexity index is 887. The summed E-state index contributed by atoms with van der Waals surface area (Å²) in [5.74, 6) is -0.0363. The van der Waals surface area contributed by atoms with Gasteiger partial charge in [0, 0.05) is 19.1 Å². The highest BCUT2D eigenvalue weighted by Gasteiger charge is 2.27. The Hall–Kier alpha value is -2.90. The number of rotatable bonds is 2. The highest BCUT2D eigenvalue weighted by Crippen LogP contribution is 2.24. The minimum absolute atomic E-state index is 0.0274. The van der Waals surface area contributed by atoms with Crippen LogP contribution < -0.4 is 5.69 Å². The summed E-state index contributed by atoms with van der Waals surface area (Å²) in [5, 5.41) is 0. The Morgan fingerprint density at radius 2 is 2.17 bits per heavy atom. The van der Waals surface area contributed by atoms with E-state index in [1.807, 2.05) is 0 Å². The van der Waals surface area contributed by atoms with E-state index in [1.54, 1.807) is 21.7 Å². The number of aromatic amines is 1. The molecule has 23 heavy (non-hydrogen) atoms. The van der Waals surface area contributed by atoms with Gasteiger partial charge in [-0.2, -0.15) is 0 Å². The van der Waals surface area contributed by atoms with Crippen molar-refractivity contribution in [2.24, 2.45) is 0 Å². The number of piperidine rings is 1. The van der Waals surface area contributed by atoms with Crippen LogP contribution in [0.25, 0.3) is 11.2 Å². The summed E-state index contributed by atoms with van der Waals surface area (Å²) < 4.78 is 6.64. The third-order valence-electron chi connectivity index (χ3n) is 4.26. The number of furan rings is 1. The zero-order valence-corrected chi connectivity index (χ0v) is 12.3. The summed E-state index contributed by atoms with van der Waals surface area (Å²) in [5.41, 5.74) is 1.62. The van der Waals surface area contributed by atoms with Crippen molar-refractivity contribution >= 4 is 17.1 Å². The van der Waals surface area contributed by atoms with E-state index in [2.05, 4.69) is 15.0 Å². The smallest absolute Gasteiger partial charge is 0.327 e. The first-order valence-electron chi connectivity index (χ1n) is 7.46. The third-order valence-corrected chi connectivity index (χ3v) is 4.26. The van der Waals surface area contributed by atoms with Gasteiger partial charge < -0.3 is 14.3 Å². The molecule has 1 aliphatic rings. The second-order valence-electron chi connectivity index (χ2n) is 5.60. The maximum atomic E-state index is 12.3. The van der Waals surface area contributed by atoms with Gasteiger partial charge in [0.05, 0.1) is 18.0 Å². The molecule has 1 aliphatic heterocycles. The van der Waals surface area contributed by atoms with E-state index in [1.165, 1.54) is 18.9 Å². The van der Waals surface area contributed by atoms with Crippen LogP contribution in [-0.4, -0.2) is 43.4 Å². The number of hydrogen-bond donors (Lipinski definition) is 1. The number of amides is 1. The number of likely N-dealkylation sites (tertiary alicyclic amines) is 1. The molecule has 4 heterocycles. The largest absolute Gasteiger partial charge is 0.472 e. The average molecular weight is 313 g/mol. The summed E-state index contributed by atoms with van der Waals surface area (Å²) in [6.45, 7) is 1.19. The van der Waals surface area contributed by atoms with E-state index in [0.29, 0.717) is 42.7 Å². The normalized spacial score (nSPS) is 16.1. The first-order chi connectivity index (χ1) is 11.2. The van der Waals surface area contributed by atoms with E-state index in [0.717, 1.165) is 0 Å². The molecule has 1 N–H and O–H groups in total. The molecule has 3 aromatic heterocycles. The standard InChI is InChI=1S/C15H15N5O3/c21-14(10-3-6-23-8-10)19-4-1-11(2-5-19)20-13-12(18-15(20)22)7-16-9-17-13/h3,6-9,11H,1-2,4-5H2,(H,18,22). The number of carbonyl (C=O) groups excluding carboxylic acids is 1. The highest BCUT2D eigenvalue weighted by molar-refractivity contribution is 5.93. The fourth-order valence-electron chi connectivity index (χ4n) is 3.11. The lowest BCUT2D eigenvalue weighted by atomic mass is 10.0. The SMILES string of the molecule is O=C(c1ccoc1)N1CCC(n2c(=O)[nH]c3cncnc32)CC1. The van der Waals surface area contributed by atoms with Crippen LogP contribution in [0, 0.1) is 0 Å². The molecule has 0 bridgehead atoms. The fraction of sp³-hybridized carbons (Fsp3) is 0.333. The van der Waals surface area contributed by atoms with Crippen molar-refractivity contribution in [1.82, 2.24) is 24.4 Å². The zero-order chi connectivity index (χ0) is 15.8. The van der Waals surface area contributed by atoms with Gasteiger partial charge in [-0.1, -0.05) is 0 Å². The van der Waals surface area contributed by atoms with E-state index in [4.69, 9.17) is 4.42 Å². The summed E-state index contributed by atoms with van der Waals surface area (Å²) in [6, 6.07) is 1.69. The van der Waals surface area contributed by atoms with Gasteiger partial charge >= 0.3 is 5.69 Å². The molecule has 118 valence electrons. The van der Waals surface area contributed by atoms with Gasteiger partial charge in [0.25, 0.3) is 5.91 Å². The minimum Gasteiger partial charge on any atom is -0.472 e. The molecular weight excluding hydrogens is 298 g/mol. The molecule has 0 spiro atoms. The zero-order valence-electron chi connectivity index (χ0n) is 12.3. The Labute approximate surface area is 130 Å². The summed E-state index contributed by atoms with van der Waals surface area (Å²) in [7, 11) is 0. The van der Waals surface area contributed by atoms with Gasteiger partial charge in [0.2, 0.25) is 0 Å². The van der Waals surface area contributed by atoms with Crippen molar-refractivity contribution in [2.45, 2.75) is 18.9 Å². The maximum absolute atomic E-state index is 12.3.